The first-order valence-electron chi connectivity index (χ1n) is 10.00. The lowest BCUT2D eigenvalue weighted by Gasteiger charge is -2.38. The summed E-state index contributed by atoms with van der Waals surface area (Å²) in [5.74, 6) is 0.809. The molecular weight excluding hydrogens is 426 g/mol. The van der Waals surface area contributed by atoms with E-state index in [0.717, 1.165) is 10.4 Å². The summed E-state index contributed by atoms with van der Waals surface area (Å²) in [5.41, 5.74) is 1.01. The summed E-state index contributed by atoms with van der Waals surface area (Å²) < 4.78 is 6.64. The fraction of sp³-hybridized carbons (Fsp3) is 0.450. The van der Waals surface area contributed by atoms with E-state index in [9.17, 15) is 9.90 Å². The van der Waals surface area contributed by atoms with E-state index >= 15 is 0 Å². The van der Waals surface area contributed by atoms with Crippen LogP contribution in [0.3, 0.4) is 0 Å². The number of halogens is 1. The molecule has 160 valence electrons. The number of hydrogen-bond donors (Lipinski definition) is 1. The highest BCUT2D eigenvalue weighted by molar-refractivity contribution is 7.17. The molecule has 1 amide bonds. The van der Waals surface area contributed by atoms with Gasteiger partial charge in [-0.05, 0) is 24.6 Å². The van der Waals surface area contributed by atoms with E-state index in [1.54, 1.807) is 11.8 Å². The van der Waals surface area contributed by atoms with Crippen molar-refractivity contribution in [2.45, 2.75) is 26.3 Å². The van der Waals surface area contributed by atoms with Gasteiger partial charge in [0, 0.05) is 37.6 Å². The lowest BCUT2D eigenvalue weighted by molar-refractivity contribution is 0.0715. The number of carbonyl (C=O) groups is 1. The van der Waals surface area contributed by atoms with Crippen molar-refractivity contribution in [1.82, 2.24) is 24.4 Å². The molecule has 0 spiro atoms. The van der Waals surface area contributed by atoms with Crippen molar-refractivity contribution in [2.24, 2.45) is 0 Å². The van der Waals surface area contributed by atoms with Crippen LogP contribution in [0.2, 0.25) is 5.02 Å². The van der Waals surface area contributed by atoms with Crippen LogP contribution in [0.1, 0.15) is 36.2 Å². The molecule has 0 saturated carbocycles. The normalized spacial score (nSPS) is 16.2. The van der Waals surface area contributed by atoms with Crippen LogP contribution in [0.25, 0.3) is 4.96 Å². The van der Waals surface area contributed by atoms with Crippen LogP contribution in [-0.2, 0) is 11.2 Å². The Morgan fingerprint density at radius 3 is 2.53 bits per heavy atom. The van der Waals surface area contributed by atoms with Gasteiger partial charge in [0.05, 0.1) is 17.5 Å². The quantitative estimate of drug-likeness (QED) is 0.641. The first kappa shape index (κ1) is 20.9. The van der Waals surface area contributed by atoms with Gasteiger partial charge in [0.25, 0.3) is 0 Å². The van der Waals surface area contributed by atoms with Gasteiger partial charge >= 0.3 is 6.09 Å². The average molecular weight is 450 g/mol. The Kier molecular flexibility index (Phi) is 6.12. The van der Waals surface area contributed by atoms with Crippen molar-refractivity contribution in [2.75, 3.05) is 32.8 Å². The maximum absolute atomic E-state index is 12.1. The second-order valence-corrected chi connectivity index (χ2v) is 8.49. The molecule has 1 aromatic carbocycles. The zero-order chi connectivity index (χ0) is 21.3. The smallest absolute Gasteiger partial charge is 0.409 e. The topological polar surface area (TPSA) is 83.2 Å². The number of aromatic nitrogens is 3. The summed E-state index contributed by atoms with van der Waals surface area (Å²) in [7, 11) is 0. The Hall–Kier alpha value is -2.36. The molecule has 2 aromatic heterocycles. The van der Waals surface area contributed by atoms with Gasteiger partial charge in [-0.15, -0.1) is 5.10 Å². The summed E-state index contributed by atoms with van der Waals surface area (Å²) in [5, 5.41) is 16.0. The average Bonchev–Trinajstić information content (AvgIpc) is 3.29. The molecule has 30 heavy (non-hydrogen) atoms. The second-order valence-electron chi connectivity index (χ2n) is 7.04. The number of hydrogen-bond acceptors (Lipinski definition) is 7. The summed E-state index contributed by atoms with van der Waals surface area (Å²) in [4.78, 5) is 22.0. The van der Waals surface area contributed by atoms with E-state index in [2.05, 4.69) is 15.0 Å². The van der Waals surface area contributed by atoms with E-state index in [1.165, 1.54) is 15.9 Å². The van der Waals surface area contributed by atoms with Crippen molar-refractivity contribution < 1.29 is 14.6 Å². The lowest BCUT2D eigenvalue weighted by Crippen LogP contribution is -2.49. The standard InChI is InChI=1S/C20H24ClN5O3S/c1-3-15-22-19-26(23-15)18(27)17(30-19)16(13-5-7-14(21)8-6-13)24-9-11-25(12-10-24)20(28)29-4-2/h5-8,16,27H,3-4,9-12H2,1-2H3/t16-/m0/s1. The molecule has 1 atom stereocenters. The summed E-state index contributed by atoms with van der Waals surface area (Å²) >= 11 is 7.54. The first-order valence-corrected chi connectivity index (χ1v) is 11.2. The maximum Gasteiger partial charge on any atom is 0.409 e. The van der Waals surface area contributed by atoms with Crippen LogP contribution < -0.4 is 0 Å². The Bertz CT molecular complexity index is 1030. The molecule has 1 aliphatic rings. The molecule has 0 unspecified atom stereocenters. The monoisotopic (exact) mass is 449 g/mol. The fourth-order valence-electron chi connectivity index (χ4n) is 3.67. The molecule has 0 radical (unpaired) electrons. The van der Waals surface area contributed by atoms with Gasteiger partial charge in [0.1, 0.15) is 0 Å². The van der Waals surface area contributed by atoms with E-state index < -0.39 is 0 Å². The zero-order valence-corrected chi connectivity index (χ0v) is 18.5. The number of nitrogens with zero attached hydrogens (tertiary/aromatic N) is 5. The molecule has 10 heteroatoms. The summed E-state index contributed by atoms with van der Waals surface area (Å²) in [6, 6.07) is 7.45. The van der Waals surface area contributed by atoms with Gasteiger partial charge in [0.15, 0.2) is 5.82 Å². The van der Waals surface area contributed by atoms with Gasteiger partial charge in [0.2, 0.25) is 10.8 Å². The molecule has 0 bridgehead atoms. The van der Waals surface area contributed by atoms with Gasteiger partial charge in [-0.3, -0.25) is 4.90 Å². The van der Waals surface area contributed by atoms with Crippen LogP contribution in [-0.4, -0.2) is 68.4 Å². The van der Waals surface area contributed by atoms with Gasteiger partial charge < -0.3 is 14.7 Å². The minimum atomic E-state index is -0.283. The van der Waals surface area contributed by atoms with Crippen molar-refractivity contribution in [1.29, 1.82) is 0 Å². The summed E-state index contributed by atoms with van der Waals surface area (Å²) in [6.07, 6.45) is 0.425. The largest absolute Gasteiger partial charge is 0.492 e. The molecule has 3 aromatic rings. The molecule has 1 fully saturated rings. The number of rotatable bonds is 5. The highest BCUT2D eigenvalue weighted by Crippen LogP contribution is 2.40. The third kappa shape index (κ3) is 3.97. The van der Waals surface area contributed by atoms with Gasteiger partial charge in [-0.2, -0.15) is 4.52 Å². The maximum atomic E-state index is 12.1. The van der Waals surface area contributed by atoms with E-state index in [4.69, 9.17) is 16.3 Å². The molecular formula is C20H24ClN5O3S. The molecule has 1 saturated heterocycles. The van der Waals surface area contributed by atoms with E-state index in [-0.39, 0.29) is 18.0 Å². The number of piperazine rings is 1. The Morgan fingerprint density at radius 2 is 1.93 bits per heavy atom. The third-order valence-corrected chi connectivity index (χ3v) is 6.52. The third-order valence-electron chi connectivity index (χ3n) is 5.20. The number of thiazole rings is 1. The van der Waals surface area contributed by atoms with Crippen LogP contribution in [0.15, 0.2) is 24.3 Å². The van der Waals surface area contributed by atoms with Crippen LogP contribution in [0, 0.1) is 0 Å². The molecule has 0 aliphatic carbocycles. The summed E-state index contributed by atoms with van der Waals surface area (Å²) in [6.45, 7) is 6.57. The molecule has 1 N–H and O–H groups in total. The number of fused-ring (bicyclic) bond motifs is 1. The highest BCUT2D eigenvalue weighted by atomic mass is 35.5. The minimum Gasteiger partial charge on any atom is -0.492 e. The molecule has 3 heterocycles. The van der Waals surface area contributed by atoms with Gasteiger partial charge in [-0.25, -0.2) is 9.78 Å². The Balaban J connectivity index is 1.66. The van der Waals surface area contributed by atoms with E-state index in [1.807, 2.05) is 31.2 Å². The van der Waals surface area contributed by atoms with Crippen molar-refractivity contribution in [3.05, 3.63) is 45.6 Å². The Labute approximate surface area is 183 Å². The zero-order valence-electron chi connectivity index (χ0n) is 16.9. The predicted molar refractivity (Wildman–Crippen MR) is 115 cm³/mol. The predicted octanol–water partition coefficient (Wildman–Crippen LogP) is 3.58. The SMILES string of the molecule is CCOC(=O)N1CCN([C@@H](c2ccc(Cl)cc2)c2sc3nc(CC)nn3c2O)CC1. The molecule has 8 nitrogen and oxygen atoms in total. The fourth-order valence-corrected chi connectivity index (χ4v) is 4.93. The second kappa shape index (κ2) is 8.79. The molecule has 4 rings (SSSR count). The number of amides is 1. The molecule has 1 aliphatic heterocycles. The Morgan fingerprint density at radius 1 is 1.23 bits per heavy atom. The number of carbonyl (C=O) groups excluding carboxylic acids is 1. The number of benzene rings is 1. The number of aryl methyl sites for hydroxylation is 1. The highest BCUT2D eigenvalue weighted by Gasteiger charge is 2.33. The van der Waals surface area contributed by atoms with Crippen molar-refractivity contribution >= 4 is 34.0 Å². The van der Waals surface area contributed by atoms with Crippen LogP contribution in [0.4, 0.5) is 4.79 Å². The van der Waals surface area contributed by atoms with E-state index in [0.29, 0.717) is 55.0 Å². The van der Waals surface area contributed by atoms with Crippen molar-refractivity contribution in [3.8, 4) is 5.88 Å². The lowest BCUT2D eigenvalue weighted by atomic mass is 10.0. The van der Waals surface area contributed by atoms with Crippen LogP contribution in [0.5, 0.6) is 5.88 Å². The minimum absolute atomic E-state index is 0.106. The van der Waals surface area contributed by atoms with Crippen LogP contribution >= 0.6 is 22.9 Å². The van der Waals surface area contributed by atoms with Gasteiger partial charge in [-0.1, -0.05) is 42.0 Å². The van der Waals surface area contributed by atoms with Crippen molar-refractivity contribution in [3.63, 3.8) is 0 Å². The number of aromatic hydroxyl groups is 1. The number of ether oxygens (including phenoxy) is 1. The first-order chi connectivity index (χ1) is 14.5.